The first-order chi connectivity index (χ1) is 12.2. The minimum absolute atomic E-state index is 0.00484. The van der Waals surface area contributed by atoms with E-state index in [4.69, 9.17) is 9.47 Å². The van der Waals surface area contributed by atoms with E-state index in [1.165, 1.54) is 0 Å². The fourth-order valence-electron chi connectivity index (χ4n) is 3.90. The van der Waals surface area contributed by atoms with Crippen molar-refractivity contribution in [3.05, 3.63) is 29.8 Å². The SMILES string of the molecule is COc1ccc(CCN2C(=O)O[C@@H]3CN(C(=O)C4CCC4)C[C@@H]32)cc1. The summed E-state index contributed by atoms with van der Waals surface area (Å²) in [6, 6.07) is 7.87. The van der Waals surface area contributed by atoms with Gasteiger partial charge in [0.15, 0.2) is 0 Å². The van der Waals surface area contributed by atoms with E-state index in [0.29, 0.717) is 19.6 Å². The van der Waals surface area contributed by atoms with E-state index in [2.05, 4.69) is 0 Å². The molecule has 0 radical (unpaired) electrons. The Morgan fingerprint density at radius 1 is 1.24 bits per heavy atom. The maximum absolute atomic E-state index is 12.4. The number of carbonyl (C=O) groups is 2. The molecule has 6 heteroatoms. The zero-order valence-electron chi connectivity index (χ0n) is 14.5. The number of ether oxygens (including phenoxy) is 2. The molecule has 2 amide bonds. The van der Waals surface area contributed by atoms with Crippen LogP contribution in [0.4, 0.5) is 4.79 Å². The van der Waals surface area contributed by atoms with Gasteiger partial charge in [0.2, 0.25) is 5.91 Å². The summed E-state index contributed by atoms with van der Waals surface area (Å²) in [5, 5.41) is 0. The average Bonchev–Trinajstić information content (AvgIpc) is 3.09. The summed E-state index contributed by atoms with van der Waals surface area (Å²) in [5.74, 6) is 1.26. The highest BCUT2D eigenvalue weighted by atomic mass is 16.6. The molecule has 134 valence electrons. The fraction of sp³-hybridized carbons (Fsp3) is 0.579. The Morgan fingerprint density at radius 3 is 2.64 bits per heavy atom. The van der Waals surface area contributed by atoms with E-state index in [1.807, 2.05) is 29.2 Å². The van der Waals surface area contributed by atoms with Crippen LogP contribution in [0.5, 0.6) is 5.75 Å². The standard InChI is InChI=1S/C19H24N2O4/c1-24-15-7-5-13(6-8-15)9-10-21-16-11-20(12-17(16)25-19(21)23)18(22)14-3-2-4-14/h5-8,14,16-17H,2-4,9-12H2,1H3/t16-,17+/m0/s1. The second-order valence-corrected chi connectivity index (χ2v) is 7.15. The molecular formula is C19H24N2O4. The lowest BCUT2D eigenvalue weighted by molar-refractivity contribution is -0.137. The van der Waals surface area contributed by atoms with Crippen molar-refractivity contribution in [2.45, 2.75) is 37.8 Å². The molecule has 6 nitrogen and oxygen atoms in total. The van der Waals surface area contributed by atoms with Gasteiger partial charge in [0, 0.05) is 19.0 Å². The Hall–Kier alpha value is -2.24. The molecule has 2 saturated heterocycles. The van der Waals surface area contributed by atoms with Crippen LogP contribution in [0.25, 0.3) is 0 Å². The smallest absolute Gasteiger partial charge is 0.410 e. The van der Waals surface area contributed by atoms with Gasteiger partial charge in [0.05, 0.1) is 19.7 Å². The molecule has 2 heterocycles. The molecule has 0 N–H and O–H groups in total. The highest BCUT2D eigenvalue weighted by molar-refractivity contribution is 5.81. The summed E-state index contributed by atoms with van der Waals surface area (Å²) in [5.41, 5.74) is 1.15. The van der Waals surface area contributed by atoms with E-state index in [9.17, 15) is 9.59 Å². The van der Waals surface area contributed by atoms with Gasteiger partial charge in [-0.15, -0.1) is 0 Å². The Morgan fingerprint density at radius 2 is 2.00 bits per heavy atom. The van der Waals surface area contributed by atoms with Crippen LogP contribution >= 0.6 is 0 Å². The molecule has 1 saturated carbocycles. The summed E-state index contributed by atoms with van der Waals surface area (Å²) in [4.78, 5) is 28.3. The summed E-state index contributed by atoms with van der Waals surface area (Å²) >= 11 is 0. The molecule has 4 rings (SSSR count). The Bertz CT molecular complexity index is 656. The highest BCUT2D eigenvalue weighted by Crippen LogP contribution is 2.33. The van der Waals surface area contributed by atoms with Crippen LogP contribution in [-0.4, -0.2) is 60.7 Å². The molecule has 1 aromatic rings. The Kier molecular flexibility index (Phi) is 4.27. The van der Waals surface area contributed by atoms with E-state index < -0.39 is 0 Å². The van der Waals surface area contributed by atoms with Crippen molar-refractivity contribution >= 4 is 12.0 Å². The predicted octanol–water partition coefficient (Wildman–Crippen LogP) is 2.07. The van der Waals surface area contributed by atoms with Crippen LogP contribution < -0.4 is 4.74 Å². The number of hydrogen-bond donors (Lipinski definition) is 0. The van der Waals surface area contributed by atoms with Crippen molar-refractivity contribution in [2.75, 3.05) is 26.7 Å². The van der Waals surface area contributed by atoms with Gasteiger partial charge in [-0.05, 0) is 37.0 Å². The van der Waals surface area contributed by atoms with Gasteiger partial charge in [0.1, 0.15) is 11.9 Å². The maximum atomic E-state index is 12.4. The predicted molar refractivity (Wildman–Crippen MR) is 91.4 cm³/mol. The van der Waals surface area contributed by atoms with Crippen LogP contribution in [0.1, 0.15) is 24.8 Å². The molecule has 3 fully saturated rings. The Labute approximate surface area is 147 Å². The average molecular weight is 344 g/mol. The van der Waals surface area contributed by atoms with Gasteiger partial charge in [-0.1, -0.05) is 18.6 Å². The quantitative estimate of drug-likeness (QED) is 0.820. The molecule has 2 atom stereocenters. The third-order valence-electron chi connectivity index (χ3n) is 5.69. The summed E-state index contributed by atoms with van der Waals surface area (Å²) < 4.78 is 10.7. The van der Waals surface area contributed by atoms with Crippen molar-refractivity contribution in [3.8, 4) is 5.75 Å². The third kappa shape index (κ3) is 3.05. The van der Waals surface area contributed by atoms with E-state index >= 15 is 0 Å². The lowest BCUT2D eigenvalue weighted by Crippen LogP contribution is -2.42. The van der Waals surface area contributed by atoms with Gasteiger partial charge in [-0.2, -0.15) is 0 Å². The van der Waals surface area contributed by atoms with Crippen LogP contribution in [-0.2, 0) is 16.0 Å². The first-order valence-electron chi connectivity index (χ1n) is 9.04. The van der Waals surface area contributed by atoms with Crippen molar-refractivity contribution in [3.63, 3.8) is 0 Å². The van der Waals surface area contributed by atoms with Crippen molar-refractivity contribution in [1.29, 1.82) is 0 Å². The normalized spacial score (nSPS) is 25.6. The molecule has 0 bridgehead atoms. The molecule has 0 aromatic heterocycles. The summed E-state index contributed by atoms with van der Waals surface area (Å²) in [7, 11) is 1.64. The maximum Gasteiger partial charge on any atom is 0.410 e. The number of likely N-dealkylation sites (tertiary alicyclic amines) is 1. The van der Waals surface area contributed by atoms with Gasteiger partial charge >= 0.3 is 6.09 Å². The fourth-order valence-corrected chi connectivity index (χ4v) is 3.90. The second kappa shape index (κ2) is 6.58. The molecule has 1 aromatic carbocycles. The van der Waals surface area contributed by atoms with Gasteiger partial charge in [-0.25, -0.2) is 4.79 Å². The number of fused-ring (bicyclic) bond motifs is 1. The lowest BCUT2D eigenvalue weighted by atomic mass is 9.84. The molecule has 25 heavy (non-hydrogen) atoms. The number of benzene rings is 1. The third-order valence-corrected chi connectivity index (χ3v) is 5.69. The van der Waals surface area contributed by atoms with Crippen molar-refractivity contribution < 1.29 is 19.1 Å². The van der Waals surface area contributed by atoms with Crippen molar-refractivity contribution in [2.24, 2.45) is 5.92 Å². The first-order valence-corrected chi connectivity index (χ1v) is 9.04. The number of hydrogen-bond acceptors (Lipinski definition) is 4. The van der Waals surface area contributed by atoms with Crippen molar-refractivity contribution in [1.82, 2.24) is 9.80 Å². The largest absolute Gasteiger partial charge is 0.497 e. The van der Waals surface area contributed by atoms with Crippen LogP contribution in [0.15, 0.2) is 24.3 Å². The second-order valence-electron chi connectivity index (χ2n) is 7.15. The molecule has 0 spiro atoms. The number of nitrogens with zero attached hydrogens (tertiary/aromatic N) is 2. The first kappa shape index (κ1) is 16.2. The molecule has 0 unspecified atom stereocenters. The summed E-state index contributed by atoms with van der Waals surface area (Å²) in [6.07, 6.45) is 3.50. The molecule has 2 aliphatic heterocycles. The van der Waals surface area contributed by atoms with Gasteiger partial charge < -0.3 is 14.4 Å². The molecule has 3 aliphatic rings. The zero-order valence-corrected chi connectivity index (χ0v) is 14.5. The zero-order chi connectivity index (χ0) is 17.4. The van der Waals surface area contributed by atoms with Crippen LogP contribution in [0, 0.1) is 5.92 Å². The lowest BCUT2D eigenvalue weighted by Gasteiger charge is -2.30. The number of methoxy groups -OCH3 is 1. The minimum Gasteiger partial charge on any atom is -0.497 e. The van der Waals surface area contributed by atoms with Gasteiger partial charge in [0.25, 0.3) is 0 Å². The van der Waals surface area contributed by atoms with E-state index in [0.717, 1.165) is 37.0 Å². The number of rotatable bonds is 5. The van der Waals surface area contributed by atoms with Crippen LogP contribution in [0.2, 0.25) is 0 Å². The van der Waals surface area contributed by atoms with Gasteiger partial charge in [-0.3, -0.25) is 9.69 Å². The van der Waals surface area contributed by atoms with Crippen LogP contribution in [0.3, 0.4) is 0 Å². The molecular weight excluding hydrogens is 320 g/mol. The number of amides is 2. The van der Waals surface area contributed by atoms with E-state index in [-0.39, 0.29) is 30.1 Å². The van der Waals surface area contributed by atoms with E-state index in [1.54, 1.807) is 12.0 Å². The summed E-state index contributed by atoms with van der Waals surface area (Å²) in [6.45, 7) is 1.76. The number of carbonyl (C=O) groups excluding carboxylic acids is 2. The topological polar surface area (TPSA) is 59.1 Å². The minimum atomic E-state index is -0.251. The monoisotopic (exact) mass is 344 g/mol. The molecule has 1 aliphatic carbocycles. The Balaban J connectivity index is 1.36. The highest BCUT2D eigenvalue weighted by Gasteiger charge is 2.49.